The fourth-order valence-corrected chi connectivity index (χ4v) is 3.07. The zero-order valence-corrected chi connectivity index (χ0v) is 14.6. The molecule has 128 valence electrons. The van der Waals surface area contributed by atoms with Crippen LogP contribution in [0.15, 0.2) is 0 Å². The Balaban J connectivity index is 2.20. The molecule has 0 radical (unpaired) electrons. The van der Waals surface area contributed by atoms with Crippen molar-refractivity contribution in [2.75, 3.05) is 13.1 Å². The highest BCUT2D eigenvalue weighted by Crippen LogP contribution is 2.43. The lowest BCUT2D eigenvalue weighted by Crippen LogP contribution is -2.51. The van der Waals surface area contributed by atoms with Gasteiger partial charge in [0.2, 0.25) is 0 Å². The first kappa shape index (κ1) is 17.6. The van der Waals surface area contributed by atoms with Gasteiger partial charge in [-0.15, -0.1) is 0 Å². The standard InChI is InChI=1S/C18H28N2O3/c1-11-12(2)16-14(13(3)15(11)21)7-8-18(4,23-16)17(22)20-10-6-5-9-19/h21H,5-10,19H2,1-4H3,(H,20,22)/t18-/m1/s1. The molecular weight excluding hydrogens is 292 g/mol. The van der Waals surface area contributed by atoms with Crippen LogP contribution in [0, 0.1) is 20.8 Å². The molecule has 0 saturated heterocycles. The number of unbranched alkanes of at least 4 members (excludes halogenated alkanes) is 1. The topological polar surface area (TPSA) is 84.6 Å². The SMILES string of the molecule is Cc1c(C)c2c(c(C)c1O)CC[C@](C)(C(=O)NCCCCN)O2. The minimum atomic E-state index is -0.865. The molecule has 2 rings (SSSR count). The number of nitrogens with one attached hydrogen (secondary N) is 1. The van der Waals surface area contributed by atoms with Crippen LogP contribution in [0.25, 0.3) is 0 Å². The van der Waals surface area contributed by atoms with E-state index in [2.05, 4.69) is 5.32 Å². The van der Waals surface area contributed by atoms with E-state index in [0.29, 0.717) is 25.3 Å². The van der Waals surface area contributed by atoms with Crippen molar-refractivity contribution in [3.8, 4) is 11.5 Å². The maximum absolute atomic E-state index is 12.5. The van der Waals surface area contributed by atoms with Crippen molar-refractivity contribution in [1.29, 1.82) is 0 Å². The Kier molecular flexibility index (Phi) is 5.19. The van der Waals surface area contributed by atoms with Crippen LogP contribution in [-0.4, -0.2) is 29.7 Å². The van der Waals surface area contributed by atoms with Gasteiger partial charge in [-0.25, -0.2) is 0 Å². The Morgan fingerprint density at radius 3 is 2.61 bits per heavy atom. The summed E-state index contributed by atoms with van der Waals surface area (Å²) in [4.78, 5) is 12.5. The predicted molar refractivity (Wildman–Crippen MR) is 91.0 cm³/mol. The third kappa shape index (κ3) is 3.29. The van der Waals surface area contributed by atoms with E-state index in [1.807, 2.05) is 27.7 Å². The normalized spacial score (nSPS) is 19.9. The Labute approximate surface area is 138 Å². The van der Waals surface area contributed by atoms with Crippen LogP contribution in [0.4, 0.5) is 0 Å². The molecule has 0 aromatic heterocycles. The minimum Gasteiger partial charge on any atom is -0.507 e. The van der Waals surface area contributed by atoms with Crippen molar-refractivity contribution in [2.45, 2.75) is 59.0 Å². The molecule has 5 heteroatoms. The molecule has 1 aromatic carbocycles. The largest absolute Gasteiger partial charge is 0.507 e. The molecule has 23 heavy (non-hydrogen) atoms. The first-order valence-corrected chi connectivity index (χ1v) is 8.30. The van der Waals surface area contributed by atoms with Gasteiger partial charge >= 0.3 is 0 Å². The van der Waals surface area contributed by atoms with Crippen molar-refractivity contribution in [3.05, 3.63) is 22.3 Å². The Morgan fingerprint density at radius 1 is 1.26 bits per heavy atom. The first-order chi connectivity index (χ1) is 10.8. The van der Waals surface area contributed by atoms with E-state index in [4.69, 9.17) is 10.5 Å². The molecule has 1 aliphatic heterocycles. The Hall–Kier alpha value is -1.75. The summed E-state index contributed by atoms with van der Waals surface area (Å²) < 4.78 is 6.14. The number of amides is 1. The summed E-state index contributed by atoms with van der Waals surface area (Å²) in [5.74, 6) is 1.01. The molecule has 4 N–H and O–H groups in total. The number of rotatable bonds is 5. The molecule has 1 aliphatic rings. The molecule has 1 amide bonds. The van der Waals surface area contributed by atoms with Crippen LogP contribution in [0.3, 0.4) is 0 Å². The summed E-state index contributed by atoms with van der Waals surface area (Å²) in [7, 11) is 0. The highest BCUT2D eigenvalue weighted by Gasteiger charge is 2.40. The minimum absolute atomic E-state index is 0.0806. The fourth-order valence-electron chi connectivity index (χ4n) is 3.07. The van der Waals surface area contributed by atoms with E-state index in [0.717, 1.165) is 47.3 Å². The van der Waals surface area contributed by atoms with Gasteiger partial charge in [-0.05, 0) is 70.2 Å². The molecule has 0 saturated carbocycles. The highest BCUT2D eigenvalue weighted by atomic mass is 16.5. The lowest BCUT2D eigenvalue weighted by molar-refractivity contribution is -0.136. The molecule has 1 atom stereocenters. The molecule has 1 aromatic rings. The van der Waals surface area contributed by atoms with E-state index in [1.165, 1.54) is 0 Å². The quantitative estimate of drug-likeness (QED) is 0.727. The monoisotopic (exact) mass is 320 g/mol. The van der Waals surface area contributed by atoms with Crippen LogP contribution in [0.1, 0.15) is 48.4 Å². The van der Waals surface area contributed by atoms with Gasteiger partial charge in [0.25, 0.3) is 5.91 Å². The number of fused-ring (bicyclic) bond motifs is 1. The van der Waals surface area contributed by atoms with E-state index in [9.17, 15) is 9.90 Å². The number of carbonyl (C=O) groups is 1. The predicted octanol–water partition coefficient (Wildman–Crippen LogP) is 2.26. The molecule has 5 nitrogen and oxygen atoms in total. The number of phenolic OH excluding ortho intramolecular Hbond substituents is 1. The van der Waals surface area contributed by atoms with Crippen molar-refractivity contribution in [3.63, 3.8) is 0 Å². The number of aromatic hydroxyl groups is 1. The van der Waals surface area contributed by atoms with Gasteiger partial charge in [-0.1, -0.05) is 0 Å². The average Bonchev–Trinajstić information content (AvgIpc) is 2.54. The zero-order valence-electron chi connectivity index (χ0n) is 14.6. The van der Waals surface area contributed by atoms with Gasteiger partial charge in [0.1, 0.15) is 11.5 Å². The summed E-state index contributed by atoms with van der Waals surface area (Å²) in [6.07, 6.45) is 3.10. The van der Waals surface area contributed by atoms with Crippen molar-refractivity contribution in [1.82, 2.24) is 5.32 Å². The molecule has 1 heterocycles. The maximum atomic E-state index is 12.5. The smallest absolute Gasteiger partial charge is 0.263 e. The summed E-state index contributed by atoms with van der Waals surface area (Å²) >= 11 is 0. The summed E-state index contributed by atoms with van der Waals surface area (Å²) in [6, 6.07) is 0. The molecule has 0 aliphatic carbocycles. The summed E-state index contributed by atoms with van der Waals surface area (Å²) in [6.45, 7) is 8.80. The van der Waals surface area contributed by atoms with E-state index < -0.39 is 5.60 Å². The number of carbonyl (C=O) groups excluding carboxylic acids is 1. The Bertz CT molecular complexity index is 613. The maximum Gasteiger partial charge on any atom is 0.263 e. The summed E-state index contributed by atoms with van der Waals surface area (Å²) in [5.41, 5.74) is 8.19. The first-order valence-electron chi connectivity index (χ1n) is 8.30. The molecular formula is C18H28N2O3. The average molecular weight is 320 g/mol. The number of ether oxygens (including phenoxy) is 1. The number of hydrogen-bond donors (Lipinski definition) is 3. The van der Waals surface area contributed by atoms with Gasteiger partial charge in [0.05, 0.1) is 0 Å². The fraction of sp³-hybridized carbons (Fsp3) is 0.611. The van der Waals surface area contributed by atoms with Crippen LogP contribution in [0.5, 0.6) is 11.5 Å². The lowest BCUT2D eigenvalue weighted by atomic mass is 9.86. The second-order valence-corrected chi connectivity index (χ2v) is 6.62. The lowest BCUT2D eigenvalue weighted by Gasteiger charge is -2.36. The van der Waals surface area contributed by atoms with Gasteiger partial charge in [-0.3, -0.25) is 4.79 Å². The van der Waals surface area contributed by atoms with E-state index in [-0.39, 0.29) is 5.91 Å². The second kappa shape index (κ2) is 6.79. The Morgan fingerprint density at radius 2 is 1.96 bits per heavy atom. The van der Waals surface area contributed by atoms with Crippen LogP contribution in [0.2, 0.25) is 0 Å². The number of phenols is 1. The van der Waals surface area contributed by atoms with Gasteiger partial charge in [0.15, 0.2) is 5.60 Å². The van der Waals surface area contributed by atoms with Crippen LogP contribution >= 0.6 is 0 Å². The molecule has 0 spiro atoms. The van der Waals surface area contributed by atoms with Gasteiger partial charge < -0.3 is 20.9 Å². The third-order valence-electron chi connectivity index (χ3n) is 4.92. The number of benzene rings is 1. The summed E-state index contributed by atoms with van der Waals surface area (Å²) in [5, 5.41) is 13.2. The molecule has 0 bridgehead atoms. The third-order valence-corrected chi connectivity index (χ3v) is 4.92. The number of nitrogens with two attached hydrogens (primary N) is 1. The van der Waals surface area contributed by atoms with E-state index >= 15 is 0 Å². The molecule has 0 fully saturated rings. The van der Waals surface area contributed by atoms with Crippen LogP contribution in [-0.2, 0) is 11.2 Å². The zero-order chi connectivity index (χ0) is 17.2. The van der Waals surface area contributed by atoms with Crippen molar-refractivity contribution in [2.24, 2.45) is 5.73 Å². The molecule has 0 unspecified atom stereocenters. The highest BCUT2D eigenvalue weighted by molar-refractivity contribution is 5.85. The van der Waals surface area contributed by atoms with Gasteiger partial charge in [-0.2, -0.15) is 0 Å². The number of hydrogen-bond acceptors (Lipinski definition) is 4. The van der Waals surface area contributed by atoms with Crippen molar-refractivity contribution >= 4 is 5.91 Å². The van der Waals surface area contributed by atoms with E-state index in [1.54, 1.807) is 0 Å². The van der Waals surface area contributed by atoms with Crippen molar-refractivity contribution < 1.29 is 14.6 Å². The van der Waals surface area contributed by atoms with Gasteiger partial charge in [0, 0.05) is 18.5 Å². The second-order valence-electron chi connectivity index (χ2n) is 6.62. The van der Waals surface area contributed by atoms with Crippen LogP contribution < -0.4 is 15.8 Å².